The number of ether oxygens (including phenoxy) is 1. The molecule has 1 aromatic carbocycles. The van der Waals surface area contributed by atoms with Crippen LogP contribution in [0.2, 0.25) is 0 Å². The van der Waals surface area contributed by atoms with Crippen LogP contribution < -0.4 is 10.5 Å². The number of aliphatic hydroxyl groups excluding tert-OH is 5. The summed E-state index contributed by atoms with van der Waals surface area (Å²) < 4.78 is 5.02. The smallest absolute Gasteiger partial charge is 0.253 e. The fraction of sp³-hybridized carbons (Fsp3) is 0.500. The summed E-state index contributed by atoms with van der Waals surface area (Å²) in [4.78, 5) is 24.8. The van der Waals surface area contributed by atoms with Crippen molar-refractivity contribution >= 4 is 11.8 Å². The van der Waals surface area contributed by atoms with Crippen LogP contribution in [0.3, 0.4) is 0 Å². The minimum absolute atomic E-state index is 0.100. The number of nitrogens with zero attached hydrogens (tertiary/aromatic N) is 1. The number of aliphatic hydroxyl groups is 5. The average Bonchev–Trinajstić information content (AvgIpc) is 2.64. The summed E-state index contributed by atoms with van der Waals surface area (Å²) in [5.41, 5.74) is 5.45. The number of hydrogen-bond donors (Lipinski definition) is 6. The molecule has 0 fully saturated rings. The minimum Gasteiger partial charge on any atom is -0.496 e. The van der Waals surface area contributed by atoms with Crippen molar-refractivity contribution in [1.82, 2.24) is 4.90 Å². The number of hydrogen-bond acceptors (Lipinski definition) is 8. The molecule has 0 saturated heterocycles. The van der Waals surface area contributed by atoms with Crippen molar-refractivity contribution in [1.29, 1.82) is 0 Å². The lowest BCUT2D eigenvalue weighted by atomic mass is 10.0. The van der Waals surface area contributed by atoms with Gasteiger partial charge in [0.2, 0.25) is 0 Å². The van der Waals surface area contributed by atoms with E-state index in [-0.39, 0.29) is 23.4 Å². The molecule has 0 aliphatic carbocycles. The molecule has 1 aromatic rings. The molecule has 0 radical (unpaired) electrons. The average molecular weight is 372 g/mol. The molecule has 0 bridgehead atoms. The van der Waals surface area contributed by atoms with E-state index in [2.05, 4.69) is 0 Å². The summed E-state index contributed by atoms with van der Waals surface area (Å²) in [5, 5.41) is 47.4. The van der Waals surface area contributed by atoms with Gasteiger partial charge in [0.15, 0.2) is 0 Å². The number of likely N-dealkylation sites (N-methyl/N-ethyl adjacent to an activating group) is 1. The van der Waals surface area contributed by atoms with Gasteiger partial charge in [0.05, 0.1) is 19.3 Å². The fourth-order valence-corrected chi connectivity index (χ4v) is 2.28. The Morgan fingerprint density at radius 3 is 2.23 bits per heavy atom. The first-order valence-electron chi connectivity index (χ1n) is 7.70. The van der Waals surface area contributed by atoms with Gasteiger partial charge in [0.1, 0.15) is 30.2 Å². The Balaban J connectivity index is 2.86. The van der Waals surface area contributed by atoms with E-state index < -0.39 is 42.8 Å². The van der Waals surface area contributed by atoms with Crippen LogP contribution in [0.5, 0.6) is 5.75 Å². The standard InChI is InChI=1S/C16H24N2O8/c1-18(6-10(20)13(22)14(23)11(21)7-19)16(25)8-3-4-9(15(17)24)12(5-8)26-2/h3-5,10-11,13-14,19-23H,6-7H2,1-2H3,(H2,17,24)/t10-,11+,13+,14+/m0/s1. The zero-order valence-electron chi connectivity index (χ0n) is 14.4. The van der Waals surface area contributed by atoms with Crippen LogP contribution >= 0.6 is 0 Å². The third kappa shape index (κ3) is 5.13. The number of carbonyl (C=O) groups is 2. The zero-order valence-corrected chi connectivity index (χ0v) is 14.4. The van der Waals surface area contributed by atoms with Gasteiger partial charge in [-0.1, -0.05) is 0 Å². The highest BCUT2D eigenvalue weighted by Gasteiger charge is 2.31. The number of rotatable bonds is 9. The van der Waals surface area contributed by atoms with E-state index in [9.17, 15) is 30.0 Å². The van der Waals surface area contributed by atoms with Crippen LogP contribution in [0.15, 0.2) is 18.2 Å². The second kappa shape index (κ2) is 9.46. The van der Waals surface area contributed by atoms with Crippen LogP contribution in [0.25, 0.3) is 0 Å². The van der Waals surface area contributed by atoms with Crippen molar-refractivity contribution in [3.8, 4) is 5.75 Å². The van der Waals surface area contributed by atoms with Gasteiger partial charge in [-0.25, -0.2) is 0 Å². The Kier molecular flexibility index (Phi) is 7.93. The van der Waals surface area contributed by atoms with E-state index in [1.54, 1.807) is 0 Å². The van der Waals surface area contributed by atoms with Gasteiger partial charge in [-0.3, -0.25) is 9.59 Å². The lowest BCUT2D eigenvalue weighted by Gasteiger charge is -2.28. The molecular formula is C16H24N2O8. The van der Waals surface area contributed by atoms with Crippen LogP contribution in [0, 0.1) is 0 Å². The van der Waals surface area contributed by atoms with E-state index in [1.165, 1.54) is 32.4 Å². The molecule has 146 valence electrons. The predicted molar refractivity (Wildman–Crippen MR) is 89.6 cm³/mol. The first kappa shape index (κ1) is 21.8. The number of amides is 2. The predicted octanol–water partition coefficient (Wildman–Crippen LogP) is -2.70. The monoisotopic (exact) mass is 372 g/mol. The van der Waals surface area contributed by atoms with Gasteiger partial charge < -0.3 is 40.9 Å². The molecule has 7 N–H and O–H groups in total. The molecule has 0 unspecified atom stereocenters. The largest absolute Gasteiger partial charge is 0.496 e. The summed E-state index contributed by atoms with van der Waals surface area (Å²) in [5.74, 6) is -1.16. The molecule has 26 heavy (non-hydrogen) atoms. The molecule has 1 rings (SSSR count). The molecule has 0 saturated carbocycles. The molecule has 0 aliphatic heterocycles. The summed E-state index contributed by atoms with van der Waals surface area (Å²) in [6, 6.07) is 4.00. The Morgan fingerprint density at radius 1 is 1.15 bits per heavy atom. The molecule has 4 atom stereocenters. The highest BCUT2D eigenvalue weighted by atomic mass is 16.5. The quantitative estimate of drug-likeness (QED) is 0.271. The molecular weight excluding hydrogens is 348 g/mol. The van der Waals surface area contributed by atoms with Gasteiger partial charge in [0.25, 0.3) is 11.8 Å². The van der Waals surface area contributed by atoms with Crippen LogP contribution in [0.4, 0.5) is 0 Å². The first-order chi connectivity index (χ1) is 12.1. The molecule has 10 nitrogen and oxygen atoms in total. The number of carbonyl (C=O) groups excluding carboxylic acids is 2. The summed E-state index contributed by atoms with van der Waals surface area (Å²) in [6.45, 7) is -1.17. The second-order valence-corrected chi connectivity index (χ2v) is 5.76. The fourth-order valence-electron chi connectivity index (χ4n) is 2.28. The van der Waals surface area contributed by atoms with Crippen LogP contribution in [-0.4, -0.2) is 94.0 Å². The SMILES string of the molecule is COc1cc(C(=O)N(C)C[C@H](O)[C@@H](O)[C@H](O)[C@H](O)CO)ccc1C(N)=O. The van der Waals surface area contributed by atoms with E-state index in [1.807, 2.05) is 0 Å². The highest BCUT2D eigenvalue weighted by molar-refractivity contribution is 5.99. The Morgan fingerprint density at radius 2 is 1.73 bits per heavy atom. The molecule has 0 heterocycles. The van der Waals surface area contributed by atoms with E-state index >= 15 is 0 Å². The third-order valence-corrected chi connectivity index (χ3v) is 3.85. The van der Waals surface area contributed by atoms with Gasteiger partial charge in [-0.05, 0) is 18.2 Å². The van der Waals surface area contributed by atoms with E-state index in [0.717, 1.165) is 4.90 Å². The van der Waals surface area contributed by atoms with E-state index in [4.69, 9.17) is 15.6 Å². The van der Waals surface area contributed by atoms with Crippen LogP contribution in [0.1, 0.15) is 20.7 Å². The van der Waals surface area contributed by atoms with Gasteiger partial charge in [-0.2, -0.15) is 0 Å². The number of primary amides is 1. The van der Waals surface area contributed by atoms with Crippen molar-refractivity contribution in [2.75, 3.05) is 27.3 Å². The van der Waals surface area contributed by atoms with Gasteiger partial charge >= 0.3 is 0 Å². The lowest BCUT2D eigenvalue weighted by Crippen LogP contribution is -2.49. The maximum absolute atomic E-state index is 12.4. The van der Waals surface area contributed by atoms with Crippen molar-refractivity contribution < 1.29 is 39.9 Å². The van der Waals surface area contributed by atoms with Crippen molar-refractivity contribution in [3.05, 3.63) is 29.3 Å². The van der Waals surface area contributed by atoms with E-state index in [0.29, 0.717) is 0 Å². The highest BCUT2D eigenvalue weighted by Crippen LogP contribution is 2.21. The zero-order chi connectivity index (χ0) is 20.0. The Bertz CT molecular complexity index is 639. The number of methoxy groups -OCH3 is 1. The maximum atomic E-state index is 12.4. The summed E-state index contributed by atoms with van der Waals surface area (Å²) in [7, 11) is 2.66. The Hall–Kier alpha value is -2.24. The summed E-state index contributed by atoms with van der Waals surface area (Å²) in [6.07, 6.45) is -6.77. The lowest BCUT2D eigenvalue weighted by molar-refractivity contribution is -0.117. The molecule has 2 amide bonds. The Labute approximate surface area is 150 Å². The number of benzene rings is 1. The van der Waals surface area contributed by atoms with Crippen molar-refractivity contribution in [3.63, 3.8) is 0 Å². The molecule has 0 aromatic heterocycles. The number of nitrogens with two attached hydrogens (primary N) is 1. The molecule has 10 heteroatoms. The molecule has 0 aliphatic rings. The normalized spacial score (nSPS) is 15.7. The topological polar surface area (TPSA) is 174 Å². The van der Waals surface area contributed by atoms with Crippen LogP contribution in [-0.2, 0) is 0 Å². The third-order valence-electron chi connectivity index (χ3n) is 3.85. The summed E-state index contributed by atoms with van der Waals surface area (Å²) >= 11 is 0. The maximum Gasteiger partial charge on any atom is 0.253 e. The first-order valence-corrected chi connectivity index (χ1v) is 7.70. The molecule has 0 spiro atoms. The van der Waals surface area contributed by atoms with Crippen molar-refractivity contribution in [2.45, 2.75) is 24.4 Å². The second-order valence-electron chi connectivity index (χ2n) is 5.76. The van der Waals surface area contributed by atoms with Gasteiger partial charge in [-0.15, -0.1) is 0 Å². The minimum atomic E-state index is -1.78. The van der Waals surface area contributed by atoms with Crippen molar-refractivity contribution in [2.24, 2.45) is 5.73 Å². The van der Waals surface area contributed by atoms with Gasteiger partial charge in [0, 0.05) is 19.2 Å².